The van der Waals surface area contributed by atoms with Crippen molar-refractivity contribution in [1.82, 2.24) is 10.2 Å². The Morgan fingerprint density at radius 1 is 0.976 bits per heavy atom. The molecule has 7 rings (SSSR count). The van der Waals surface area contributed by atoms with Gasteiger partial charge in [0.2, 0.25) is 17.7 Å². The second-order valence-electron chi connectivity index (χ2n) is 13.4. The normalized spacial score (nSPS) is 31.3. The van der Waals surface area contributed by atoms with E-state index in [1.54, 1.807) is 12.1 Å². The average Bonchev–Trinajstić information content (AvgIpc) is 3.16. The van der Waals surface area contributed by atoms with E-state index in [1.807, 2.05) is 12.1 Å². The van der Waals surface area contributed by atoms with Crippen molar-refractivity contribution in [3.8, 4) is 0 Å². The zero-order valence-corrected chi connectivity index (χ0v) is 23.4. The predicted octanol–water partition coefficient (Wildman–Crippen LogP) is 3.82. The molecule has 222 valence electrons. The van der Waals surface area contributed by atoms with Gasteiger partial charge in [0, 0.05) is 36.3 Å². The van der Waals surface area contributed by atoms with Gasteiger partial charge in [-0.05, 0) is 91.4 Å². The van der Waals surface area contributed by atoms with Gasteiger partial charge in [-0.25, -0.2) is 13.2 Å². The number of nitrogens with one attached hydrogen (secondary N) is 1. The lowest BCUT2D eigenvalue weighted by Crippen LogP contribution is -2.68. The number of carbonyl (C=O) groups is 3. The minimum atomic E-state index is -1.30. The van der Waals surface area contributed by atoms with Gasteiger partial charge < -0.3 is 20.9 Å². The van der Waals surface area contributed by atoms with E-state index < -0.39 is 29.4 Å². The van der Waals surface area contributed by atoms with E-state index in [9.17, 15) is 27.6 Å². The van der Waals surface area contributed by atoms with Crippen LogP contribution in [0.2, 0.25) is 0 Å². The zero-order chi connectivity index (χ0) is 29.4. The van der Waals surface area contributed by atoms with Crippen molar-refractivity contribution in [2.24, 2.45) is 28.9 Å². The third-order valence-corrected chi connectivity index (χ3v) is 10.9. The number of rotatable bonds is 7. The molecule has 4 aliphatic carbocycles. The largest absolute Gasteiger partial charge is 0.349 e. The number of carbonyl (C=O) groups excluding carboxylic acids is 3. The third kappa shape index (κ3) is 4.32. The van der Waals surface area contributed by atoms with Gasteiger partial charge in [0.05, 0.1) is 0 Å². The fourth-order valence-corrected chi connectivity index (χ4v) is 9.39. The number of para-hydroxylation sites is 1. The maximum absolute atomic E-state index is 14.1. The number of nitrogens with zero attached hydrogens (tertiary/aromatic N) is 2. The van der Waals surface area contributed by atoms with Gasteiger partial charge in [-0.1, -0.05) is 18.2 Å². The Bertz CT molecular complexity index is 1480. The lowest BCUT2D eigenvalue weighted by atomic mass is 9.51. The number of halogens is 3. The fraction of sp³-hybridized carbons (Fsp3) is 0.531. The van der Waals surface area contributed by atoms with Gasteiger partial charge in [0.15, 0.2) is 11.6 Å². The van der Waals surface area contributed by atoms with Crippen LogP contribution in [0.1, 0.15) is 56.1 Å². The minimum absolute atomic E-state index is 0.122. The Kier molecular flexibility index (Phi) is 6.42. The van der Waals surface area contributed by atoms with Crippen LogP contribution in [-0.4, -0.2) is 47.3 Å². The summed E-state index contributed by atoms with van der Waals surface area (Å²) in [5, 5.41) is 3.41. The van der Waals surface area contributed by atoms with Gasteiger partial charge in [-0.2, -0.15) is 0 Å². The lowest BCUT2D eigenvalue weighted by Gasteiger charge is -2.59. The Morgan fingerprint density at radius 2 is 1.74 bits per heavy atom. The number of nitrogens with two attached hydrogens (primary N) is 1. The molecule has 10 heteroatoms. The highest BCUT2D eigenvalue weighted by atomic mass is 19.2. The van der Waals surface area contributed by atoms with Crippen LogP contribution in [-0.2, 0) is 27.3 Å². The fourth-order valence-electron chi connectivity index (χ4n) is 9.39. The highest BCUT2D eigenvalue weighted by Gasteiger charge is 2.74. The van der Waals surface area contributed by atoms with E-state index in [-0.39, 0.29) is 60.8 Å². The van der Waals surface area contributed by atoms with E-state index >= 15 is 0 Å². The van der Waals surface area contributed by atoms with Crippen molar-refractivity contribution in [2.45, 2.75) is 69.5 Å². The first kappa shape index (κ1) is 27.4. The van der Waals surface area contributed by atoms with Gasteiger partial charge >= 0.3 is 0 Å². The molecule has 0 aromatic heterocycles. The van der Waals surface area contributed by atoms with Crippen molar-refractivity contribution in [1.29, 1.82) is 0 Å². The van der Waals surface area contributed by atoms with Gasteiger partial charge in [0.1, 0.15) is 18.9 Å². The molecule has 3 N–H and O–H groups in total. The molecule has 4 saturated carbocycles. The summed E-state index contributed by atoms with van der Waals surface area (Å²) in [6.07, 6.45) is 6.66. The summed E-state index contributed by atoms with van der Waals surface area (Å²) in [6.45, 7) is -0.222. The molecule has 3 amide bonds. The first-order chi connectivity index (χ1) is 20.1. The number of fused-ring (bicyclic) bond motifs is 3. The van der Waals surface area contributed by atoms with E-state index in [0.717, 1.165) is 30.4 Å². The molecule has 6 atom stereocenters. The Morgan fingerprint density at radius 3 is 2.57 bits per heavy atom. The monoisotopic (exact) mass is 580 g/mol. The standard InChI is InChI=1S/C32H35F3N4O3/c33-24-10-26(35)25(34)8-21(24)7-23(36)9-29(41)38-15-20-3-1-2-4-27(20)39(30(42)17-38)16-28(40)37-32-13-19-5-18-6-22(14-32)31(32,11-18)12-19/h1-4,8,10,18-19,22-23H,5-7,9,11-17,36H2,(H,37,40)/t18?,19?,22?,23-,31?,32?/m1/s1. The maximum Gasteiger partial charge on any atom is 0.247 e. The summed E-state index contributed by atoms with van der Waals surface area (Å²) >= 11 is 0. The van der Waals surface area contributed by atoms with Crippen molar-refractivity contribution >= 4 is 23.4 Å². The van der Waals surface area contributed by atoms with E-state index in [0.29, 0.717) is 23.6 Å². The van der Waals surface area contributed by atoms with Crippen molar-refractivity contribution in [3.05, 3.63) is 65.0 Å². The van der Waals surface area contributed by atoms with Crippen LogP contribution in [0.3, 0.4) is 0 Å². The van der Waals surface area contributed by atoms with E-state index in [4.69, 9.17) is 5.73 Å². The van der Waals surface area contributed by atoms with Gasteiger partial charge in [-0.15, -0.1) is 0 Å². The molecular weight excluding hydrogens is 545 g/mol. The van der Waals surface area contributed by atoms with Crippen molar-refractivity contribution < 1.29 is 27.6 Å². The van der Waals surface area contributed by atoms with E-state index in [1.165, 1.54) is 35.5 Å². The smallest absolute Gasteiger partial charge is 0.247 e. The minimum Gasteiger partial charge on any atom is -0.349 e. The number of amides is 3. The van der Waals surface area contributed by atoms with Crippen LogP contribution in [0.5, 0.6) is 0 Å². The van der Waals surface area contributed by atoms with Gasteiger partial charge in [0.25, 0.3) is 0 Å². The van der Waals surface area contributed by atoms with E-state index in [2.05, 4.69) is 5.32 Å². The maximum atomic E-state index is 14.1. The molecule has 2 aromatic carbocycles. The summed E-state index contributed by atoms with van der Waals surface area (Å²) in [5.74, 6) is -2.21. The topological polar surface area (TPSA) is 95.7 Å². The lowest BCUT2D eigenvalue weighted by molar-refractivity contribution is -0.136. The highest BCUT2D eigenvalue weighted by molar-refractivity contribution is 6.02. The Balaban J connectivity index is 1.04. The molecule has 1 spiro atoms. The molecule has 5 unspecified atom stereocenters. The molecule has 42 heavy (non-hydrogen) atoms. The quantitative estimate of drug-likeness (QED) is 0.487. The molecule has 4 fully saturated rings. The molecular formula is C32H35F3N4O3. The van der Waals surface area contributed by atoms with Crippen molar-refractivity contribution in [3.63, 3.8) is 0 Å². The molecule has 1 aliphatic heterocycles. The molecule has 2 aromatic rings. The first-order valence-electron chi connectivity index (χ1n) is 14.9. The summed E-state index contributed by atoms with van der Waals surface area (Å²) in [4.78, 5) is 43.2. The van der Waals surface area contributed by atoms with Crippen LogP contribution in [0.25, 0.3) is 0 Å². The molecule has 5 aliphatic rings. The van der Waals surface area contributed by atoms with Crippen LogP contribution in [0.4, 0.5) is 18.9 Å². The number of hydrogen-bond acceptors (Lipinski definition) is 4. The zero-order valence-electron chi connectivity index (χ0n) is 23.4. The summed E-state index contributed by atoms with van der Waals surface area (Å²) in [5.41, 5.74) is 7.39. The van der Waals surface area contributed by atoms with Crippen LogP contribution < -0.4 is 16.0 Å². The number of benzene rings is 2. The molecule has 7 nitrogen and oxygen atoms in total. The second kappa shape index (κ2) is 9.82. The number of anilines is 1. The number of hydrogen-bond donors (Lipinski definition) is 2. The third-order valence-electron chi connectivity index (χ3n) is 10.9. The Hall–Kier alpha value is -3.40. The highest BCUT2D eigenvalue weighted by Crippen LogP contribution is 2.77. The van der Waals surface area contributed by atoms with Crippen LogP contribution in [0, 0.1) is 40.6 Å². The van der Waals surface area contributed by atoms with Crippen LogP contribution in [0.15, 0.2) is 36.4 Å². The summed E-state index contributed by atoms with van der Waals surface area (Å²) in [6, 6.07) is 7.55. The van der Waals surface area contributed by atoms with Gasteiger partial charge in [-0.3, -0.25) is 14.4 Å². The Labute approximate surface area is 242 Å². The first-order valence-corrected chi connectivity index (χ1v) is 14.9. The molecule has 0 saturated heterocycles. The summed E-state index contributed by atoms with van der Waals surface area (Å²) in [7, 11) is 0. The molecule has 1 heterocycles. The second-order valence-corrected chi connectivity index (χ2v) is 13.4. The SMILES string of the molecule is N[C@@H](CC(=O)N1CC(=O)N(CC(=O)NC23CC4CC5CC(C2)C3(C5)C4)c2ccccc2C1)Cc1cc(F)c(F)cc1F. The predicted molar refractivity (Wildman–Crippen MR) is 148 cm³/mol. The van der Waals surface area contributed by atoms with Crippen molar-refractivity contribution in [2.75, 3.05) is 18.0 Å². The molecule has 3 bridgehead atoms. The average molecular weight is 581 g/mol. The van der Waals surface area contributed by atoms with Crippen LogP contribution >= 0.6 is 0 Å². The summed E-state index contributed by atoms with van der Waals surface area (Å²) < 4.78 is 41.0. The molecule has 0 radical (unpaired) electrons.